The number of carbonyl (C=O) groups excluding carboxylic acids is 2. The summed E-state index contributed by atoms with van der Waals surface area (Å²) in [6.45, 7) is 4.89. The van der Waals surface area contributed by atoms with Crippen LogP contribution in [0, 0.1) is 0 Å². The zero-order chi connectivity index (χ0) is 28.2. The average Bonchev–Trinajstić information content (AvgIpc) is 3.28. The van der Waals surface area contributed by atoms with Crippen molar-refractivity contribution in [2.24, 2.45) is 0 Å². The molecule has 0 spiro atoms. The van der Waals surface area contributed by atoms with Crippen molar-refractivity contribution in [3.8, 4) is 17.2 Å². The Morgan fingerprint density at radius 2 is 1.63 bits per heavy atom. The molecule has 0 saturated carbocycles. The number of ether oxygens (including phenoxy) is 4. The van der Waals surface area contributed by atoms with E-state index in [1.807, 2.05) is 54.6 Å². The topological polar surface area (TPSA) is 97.8 Å². The van der Waals surface area contributed by atoms with Gasteiger partial charge in [-0.25, -0.2) is 0 Å². The standard InChI is InChI=1S/C32H32N2O7/c35-30(24-9-10-26-27(20-24)40-18-17-39-26)28-29(34(32(37)31(28)36)12-11-33-13-15-38-16-14-33)23-7-4-8-25(19-23)41-21-22-5-2-1-3-6-22/h1-10,19-20,29,35H,11-18,21H2/b30-28+/t29-/m0/s1. The number of hydrogen-bond donors (Lipinski definition) is 1. The maximum absolute atomic E-state index is 13.5. The van der Waals surface area contributed by atoms with Crippen LogP contribution in [0.25, 0.3) is 5.76 Å². The van der Waals surface area contributed by atoms with Crippen LogP contribution < -0.4 is 14.2 Å². The number of aliphatic hydroxyl groups excluding tert-OH is 1. The molecule has 3 aromatic rings. The fourth-order valence-corrected chi connectivity index (χ4v) is 5.39. The number of carbonyl (C=O) groups is 2. The number of rotatable bonds is 8. The van der Waals surface area contributed by atoms with E-state index in [4.69, 9.17) is 18.9 Å². The highest BCUT2D eigenvalue weighted by Gasteiger charge is 2.46. The molecule has 1 atom stereocenters. The molecule has 212 valence electrons. The number of aliphatic hydroxyl groups is 1. The van der Waals surface area contributed by atoms with Crippen molar-refractivity contribution < 1.29 is 33.6 Å². The highest BCUT2D eigenvalue weighted by Crippen LogP contribution is 2.41. The van der Waals surface area contributed by atoms with Crippen LogP contribution >= 0.6 is 0 Å². The fourth-order valence-electron chi connectivity index (χ4n) is 5.39. The number of morpholine rings is 1. The molecule has 0 bridgehead atoms. The van der Waals surface area contributed by atoms with E-state index in [0.717, 1.165) is 18.7 Å². The van der Waals surface area contributed by atoms with E-state index in [1.54, 1.807) is 23.1 Å². The van der Waals surface area contributed by atoms with Gasteiger partial charge in [-0.05, 0) is 41.5 Å². The molecular weight excluding hydrogens is 524 g/mol. The smallest absolute Gasteiger partial charge is 0.295 e. The van der Waals surface area contributed by atoms with E-state index in [1.165, 1.54) is 0 Å². The molecule has 1 N–H and O–H groups in total. The summed E-state index contributed by atoms with van der Waals surface area (Å²) in [7, 11) is 0. The third-order valence-electron chi connectivity index (χ3n) is 7.54. The summed E-state index contributed by atoms with van der Waals surface area (Å²) < 4.78 is 22.8. The Hall–Kier alpha value is -4.34. The number of fused-ring (bicyclic) bond motifs is 1. The van der Waals surface area contributed by atoms with E-state index >= 15 is 0 Å². The van der Waals surface area contributed by atoms with Crippen LogP contribution in [0.1, 0.15) is 22.7 Å². The molecule has 3 heterocycles. The molecule has 0 aliphatic carbocycles. The van der Waals surface area contributed by atoms with Gasteiger partial charge in [-0.3, -0.25) is 14.5 Å². The first-order valence-corrected chi connectivity index (χ1v) is 13.8. The van der Waals surface area contributed by atoms with Gasteiger partial charge in [0.15, 0.2) is 11.5 Å². The summed E-state index contributed by atoms with van der Waals surface area (Å²) in [5, 5.41) is 11.5. The average molecular weight is 557 g/mol. The van der Waals surface area contributed by atoms with E-state index in [9.17, 15) is 14.7 Å². The van der Waals surface area contributed by atoms with Gasteiger partial charge in [0.2, 0.25) is 0 Å². The van der Waals surface area contributed by atoms with E-state index < -0.39 is 17.7 Å². The van der Waals surface area contributed by atoms with Crippen molar-refractivity contribution in [3.05, 3.63) is 95.1 Å². The zero-order valence-corrected chi connectivity index (χ0v) is 22.7. The number of Topliss-reactive ketones (excluding diaryl/α,β-unsaturated/α-hetero) is 1. The van der Waals surface area contributed by atoms with Crippen LogP contribution in [-0.2, 0) is 20.9 Å². The van der Waals surface area contributed by atoms with Gasteiger partial charge in [-0.1, -0.05) is 42.5 Å². The van der Waals surface area contributed by atoms with Crippen LogP contribution in [0.15, 0.2) is 78.4 Å². The van der Waals surface area contributed by atoms with Gasteiger partial charge in [0.1, 0.15) is 31.3 Å². The second-order valence-electron chi connectivity index (χ2n) is 10.2. The highest BCUT2D eigenvalue weighted by atomic mass is 16.6. The van der Waals surface area contributed by atoms with E-state index in [2.05, 4.69) is 4.90 Å². The lowest BCUT2D eigenvalue weighted by atomic mass is 9.95. The molecule has 2 saturated heterocycles. The largest absolute Gasteiger partial charge is 0.507 e. The lowest BCUT2D eigenvalue weighted by Crippen LogP contribution is -2.42. The molecule has 9 heteroatoms. The van der Waals surface area contributed by atoms with Crippen molar-refractivity contribution >= 4 is 17.4 Å². The van der Waals surface area contributed by atoms with Crippen LogP contribution in [0.2, 0.25) is 0 Å². The lowest BCUT2D eigenvalue weighted by molar-refractivity contribution is -0.140. The van der Waals surface area contributed by atoms with E-state index in [-0.39, 0.29) is 11.3 Å². The molecular formula is C32H32N2O7. The molecule has 1 amide bonds. The van der Waals surface area contributed by atoms with Crippen molar-refractivity contribution in [1.82, 2.24) is 9.80 Å². The summed E-state index contributed by atoms with van der Waals surface area (Å²) in [5.41, 5.74) is 2.11. The van der Waals surface area contributed by atoms with Gasteiger partial charge in [0.25, 0.3) is 11.7 Å². The van der Waals surface area contributed by atoms with Crippen molar-refractivity contribution in [3.63, 3.8) is 0 Å². The summed E-state index contributed by atoms with van der Waals surface area (Å²) in [6.07, 6.45) is 0. The number of nitrogens with zero attached hydrogens (tertiary/aromatic N) is 2. The molecule has 0 unspecified atom stereocenters. The molecule has 0 radical (unpaired) electrons. The number of likely N-dealkylation sites (tertiary alicyclic amines) is 1. The molecule has 0 aromatic heterocycles. The third kappa shape index (κ3) is 5.77. The number of benzene rings is 3. The molecule has 41 heavy (non-hydrogen) atoms. The lowest BCUT2D eigenvalue weighted by Gasteiger charge is -2.31. The molecule has 9 nitrogen and oxygen atoms in total. The Morgan fingerprint density at radius 1 is 0.854 bits per heavy atom. The first-order chi connectivity index (χ1) is 20.1. The summed E-state index contributed by atoms with van der Waals surface area (Å²) >= 11 is 0. The number of hydrogen-bond acceptors (Lipinski definition) is 8. The number of ketones is 1. The Balaban J connectivity index is 1.35. The maximum Gasteiger partial charge on any atom is 0.295 e. The molecule has 3 aliphatic rings. The van der Waals surface area contributed by atoms with E-state index in [0.29, 0.717) is 74.5 Å². The predicted octanol–water partition coefficient (Wildman–Crippen LogP) is 3.79. The summed E-state index contributed by atoms with van der Waals surface area (Å²) in [5.74, 6) is 0.0328. The van der Waals surface area contributed by atoms with Crippen molar-refractivity contribution in [2.75, 3.05) is 52.6 Å². The van der Waals surface area contributed by atoms with Crippen LogP contribution in [0.3, 0.4) is 0 Å². The molecule has 3 aromatic carbocycles. The maximum atomic E-state index is 13.5. The minimum absolute atomic E-state index is 0.0360. The Morgan fingerprint density at radius 3 is 2.44 bits per heavy atom. The second-order valence-corrected chi connectivity index (χ2v) is 10.2. The summed E-state index contributed by atoms with van der Waals surface area (Å²) in [4.78, 5) is 30.7. The van der Waals surface area contributed by atoms with Gasteiger partial charge >= 0.3 is 0 Å². The molecule has 6 rings (SSSR count). The van der Waals surface area contributed by atoms with Crippen molar-refractivity contribution in [1.29, 1.82) is 0 Å². The quantitative estimate of drug-likeness (QED) is 0.254. The molecule has 3 aliphatic heterocycles. The van der Waals surface area contributed by atoms with Crippen molar-refractivity contribution in [2.45, 2.75) is 12.6 Å². The van der Waals surface area contributed by atoms with Gasteiger partial charge in [-0.15, -0.1) is 0 Å². The Labute approximate surface area is 238 Å². The monoisotopic (exact) mass is 556 g/mol. The predicted molar refractivity (Wildman–Crippen MR) is 151 cm³/mol. The van der Waals surface area contributed by atoms with Gasteiger partial charge in [0, 0.05) is 31.7 Å². The van der Waals surface area contributed by atoms with Crippen LogP contribution in [-0.4, -0.2) is 79.2 Å². The number of amides is 1. The summed E-state index contributed by atoms with van der Waals surface area (Å²) in [6, 6.07) is 21.4. The third-order valence-corrected chi connectivity index (χ3v) is 7.54. The minimum Gasteiger partial charge on any atom is -0.507 e. The Bertz CT molecular complexity index is 1450. The van der Waals surface area contributed by atoms with Crippen LogP contribution in [0.5, 0.6) is 17.2 Å². The Kier molecular flexibility index (Phi) is 7.89. The van der Waals surface area contributed by atoms with Gasteiger partial charge < -0.3 is 29.0 Å². The zero-order valence-electron chi connectivity index (χ0n) is 22.7. The highest BCUT2D eigenvalue weighted by molar-refractivity contribution is 6.46. The first kappa shape index (κ1) is 26.9. The van der Waals surface area contributed by atoms with Crippen LogP contribution in [0.4, 0.5) is 0 Å². The molecule has 2 fully saturated rings. The normalized spacial score (nSPS) is 20.3. The van der Waals surface area contributed by atoms with Gasteiger partial charge in [-0.2, -0.15) is 0 Å². The SMILES string of the molecule is O=C1C(=O)N(CCN2CCOCC2)[C@@H](c2cccc(OCc3ccccc3)c2)/C1=C(\O)c1ccc2c(c1)OCCO2. The first-order valence-electron chi connectivity index (χ1n) is 13.8. The minimum atomic E-state index is -0.787. The second kappa shape index (κ2) is 12.0. The van der Waals surface area contributed by atoms with Gasteiger partial charge in [0.05, 0.1) is 24.8 Å². The fraction of sp³-hybridized carbons (Fsp3) is 0.312.